The van der Waals surface area contributed by atoms with Crippen LogP contribution in [-0.4, -0.2) is 33.0 Å². The fourth-order valence-electron chi connectivity index (χ4n) is 1.68. The number of hydrazone groups is 1. The standard InChI is InChI=1S/C11H16N4O/c1-3-4-5-15-11(16)6-10(13-15)9-7-12-14(2)8-9/h7-8H,3-6H2,1-2H3. The summed E-state index contributed by atoms with van der Waals surface area (Å²) < 4.78 is 1.72. The number of carbonyl (C=O) groups excluding carboxylic acids is 1. The first-order valence-electron chi connectivity index (χ1n) is 5.57. The number of unbranched alkanes of at least 4 members (excludes halogenated alkanes) is 1. The van der Waals surface area contributed by atoms with Crippen LogP contribution in [0.25, 0.3) is 0 Å². The van der Waals surface area contributed by atoms with Crippen LogP contribution >= 0.6 is 0 Å². The predicted molar refractivity (Wildman–Crippen MR) is 61.0 cm³/mol. The van der Waals surface area contributed by atoms with E-state index in [1.54, 1.807) is 15.9 Å². The molecule has 86 valence electrons. The molecule has 0 unspecified atom stereocenters. The average Bonchev–Trinajstić information content (AvgIpc) is 2.82. The van der Waals surface area contributed by atoms with Crippen molar-refractivity contribution in [2.75, 3.05) is 6.54 Å². The van der Waals surface area contributed by atoms with Crippen LogP contribution in [0.4, 0.5) is 0 Å². The molecule has 0 bridgehead atoms. The topological polar surface area (TPSA) is 50.5 Å². The van der Waals surface area contributed by atoms with Crippen LogP contribution in [0.15, 0.2) is 17.5 Å². The van der Waals surface area contributed by atoms with E-state index < -0.39 is 0 Å². The Morgan fingerprint density at radius 2 is 2.31 bits per heavy atom. The fraction of sp³-hybridized carbons (Fsp3) is 0.545. The molecule has 2 rings (SSSR count). The highest BCUT2D eigenvalue weighted by atomic mass is 16.2. The zero-order valence-electron chi connectivity index (χ0n) is 9.68. The quantitative estimate of drug-likeness (QED) is 0.764. The average molecular weight is 220 g/mol. The molecule has 0 spiro atoms. The van der Waals surface area contributed by atoms with Gasteiger partial charge in [-0.05, 0) is 6.42 Å². The summed E-state index contributed by atoms with van der Waals surface area (Å²) in [6.07, 6.45) is 6.09. The smallest absolute Gasteiger partial charge is 0.248 e. The van der Waals surface area contributed by atoms with Crippen molar-refractivity contribution >= 4 is 11.6 Å². The minimum Gasteiger partial charge on any atom is -0.275 e. The van der Waals surface area contributed by atoms with Gasteiger partial charge in [0.2, 0.25) is 5.91 Å². The van der Waals surface area contributed by atoms with E-state index in [4.69, 9.17) is 0 Å². The van der Waals surface area contributed by atoms with E-state index in [1.807, 2.05) is 13.2 Å². The summed E-state index contributed by atoms with van der Waals surface area (Å²) in [7, 11) is 1.86. The van der Waals surface area contributed by atoms with E-state index in [0.29, 0.717) is 6.42 Å². The minimum atomic E-state index is 0.0901. The highest BCUT2D eigenvalue weighted by Crippen LogP contribution is 2.14. The summed E-state index contributed by atoms with van der Waals surface area (Å²) in [4.78, 5) is 11.7. The number of nitrogens with zero attached hydrogens (tertiary/aromatic N) is 4. The number of aryl methyl sites for hydroxylation is 1. The number of aromatic nitrogens is 2. The van der Waals surface area contributed by atoms with E-state index in [1.165, 1.54) is 0 Å². The van der Waals surface area contributed by atoms with Gasteiger partial charge in [-0.15, -0.1) is 0 Å². The molecule has 0 radical (unpaired) electrons. The Bertz CT molecular complexity index is 421. The molecular weight excluding hydrogens is 204 g/mol. The summed E-state index contributed by atoms with van der Waals surface area (Å²) in [6, 6.07) is 0. The van der Waals surface area contributed by atoms with Crippen molar-refractivity contribution in [1.82, 2.24) is 14.8 Å². The second-order valence-corrected chi connectivity index (χ2v) is 4.00. The van der Waals surface area contributed by atoms with Crippen molar-refractivity contribution in [2.45, 2.75) is 26.2 Å². The molecule has 1 aliphatic rings. The minimum absolute atomic E-state index is 0.0901. The summed E-state index contributed by atoms with van der Waals surface area (Å²) >= 11 is 0. The van der Waals surface area contributed by atoms with Crippen molar-refractivity contribution in [3.8, 4) is 0 Å². The molecule has 0 aliphatic carbocycles. The third kappa shape index (κ3) is 2.13. The maximum atomic E-state index is 11.7. The first-order chi connectivity index (χ1) is 7.70. The monoisotopic (exact) mass is 220 g/mol. The van der Waals surface area contributed by atoms with Crippen molar-refractivity contribution in [3.63, 3.8) is 0 Å². The molecule has 5 nitrogen and oxygen atoms in total. The van der Waals surface area contributed by atoms with Gasteiger partial charge in [0.1, 0.15) is 0 Å². The molecule has 0 saturated heterocycles. The third-order valence-corrected chi connectivity index (χ3v) is 2.61. The van der Waals surface area contributed by atoms with Crippen LogP contribution in [0.1, 0.15) is 31.7 Å². The maximum Gasteiger partial charge on any atom is 0.248 e. The second-order valence-electron chi connectivity index (χ2n) is 4.00. The Hall–Kier alpha value is -1.65. The Labute approximate surface area is 94.7 Å². The first-order valence-corrected chi connectivity index (χ1v) is 5.57. The highest BCUT2D eigenvalue weighted by Gasteiger charge is 2.24. The van der Waals surface area contributed by atoms with E-state index in [0.717, 1.165) is 30.7 Å². The van der Waals surface area contributed by atoms with Gasteiger partial charge < -0.3 is 0 Å². The van der Waals surface area contributed by atoms with Crippen LogP contribution < -0.4 is 0 Å². The lowest BCUT2D eigenvalue weighted by atomic mass is 10.2. The van der Waals surface area contributed by atoms with Gasteiger partial charge in [-0.1, -0.05) is 13.3 Å². The molecular formula is C11H16N4O. The zero-order chi connectivity index (χ0) is 11.5. The molecule has 0 atom stereocenters. The predicted octanol–water partition coefficient (Wildman–Crippen LogP) is 1.16. The largest absolute Gasteiger partial charge is 0.275 e. The molecule has 0 fully saturated rings. The third-order valence-electron chi connectivity index (χ3n) is 2.61. The molecule has 0 saturated carbocycles. The van der Waals surface area contributed by atoms with Crippen molar-refractivity contribution in [1.29, 1.82) is 0 Å². The van der Waals surface area contributed by atoms with Gasteiger partial charge in [0.05, 0.1) is 18.3 Å². The molecule has 1 aliphatic heterocycles. The molecule has 5 heteroatoms. The van der Waals surface area contributed by atoms with Crippen molar-refractivity contribution in [3.05, 3.63) is 18.0 Å². The number of hydrogen-bond acceptors (Lipinski definition) is 3. The molecule has 1 amide bonds. The number of amides is 1. The van der Waals surface area contributed by atoms with Gasteiger partial charge in [-0.25, -0.2) is 5.01 Å². The van der Waals surface area contributed by atoms with E-state index in [-0.39, 0.29) is 5.91 Å². The van der Waals surface area contributed by atoms with Gasteiger partial charge in [-0.2, -0.15) is 10.2 Å². The second kappa shape index (κ2) is 4.47. The molecule has 1 aromatic rings. The zero-order valence-corrected chi connectivity index (χ0v) is 9.68. The van der Waals surface area contributed by atoms with E-state index in [2.05, 4.69) is 17.1 Å². The van der Waals surface area contributed by atoms with Crippen molar-refractivity contribution in [2.24, 2.45) is 12.1 Å². The summed E-state index contributed by atoms with van der Waals surface area (Å²) in [5, 5.41) is 9.99. The highest BCUT2D eigenvalue weighted by molar-refractivity contribution is 6.13. The Morgan fingerprint density at radius 3 is 2.94 bits per heavy atom. The maximum absolute atomic E-state index is 11.7. The number of hydrogen-bond donors (Lipinski definition) is 0. The van der Waals surface area contributed by atoms with Crippen LogP contribution in [0.5, 0.6) is 0 Å². The summed E-state index contributed by atoms with van der Waals surface area (Å²) in [6.45, 7) is 2.82. The number of carbonyl (C=O) groups is 1. The van der Waals surface area contributed by atoms with Gasteiger partial charge >= 0.3 is 0 Å². The van der Waals surface area contributed by atoms with Crippen LogP contribution in [0, 0.1) is 0 Å². The van der Waals surface area contributed by atoms with Crippen molar-refractivity contribution < 1.29 is 4.79 Å². The summed E-state index contributed by atoms with van der Waals surface area (Å²) in [5.41, 5.74) is 1.77. The molecule has 0 aromatic carbocycles. The van der Waals surface area contributed by atoms with Crippen LogP contribution in [-0.2, 0) is 11.8 Å². The Morgan fingerprint density at radius 1 is 1.50 bits per heavy atom. The van der Waals surface area contributed by atoms with Crippen LogP contribution in [0.3, 0.4) is 0 Å². The lowest BCUT2D eigenvalue weighted by molar-refractivity contribution is -0.128. The van der Waals surface area contributed by atoms with Gasteiger partial charge in [0, 0.05) is 25.4 Å². The summed E-state index contributed by atoms with van der Waals surface area (Å²) in [5.74, 6) is 0.0901. The van der Waals surface area contributed by atoms with Crippen LogP contribution in [0.2, 0.25) is 0 Å². The van der Waals surface area contributed by atoms with Gasteiger partial charge in [0.15, 0.2) is 0 Å². The molecule has 0 N–H and O–H groups in total. The Kier molecular flexibility index (Phi) is 3.03. The lowest BCUT2D eigenvalue weighted by Crippen LogP contribution is -2.21. The lowest BCUT2D eigenvalue weighted by Gasteiger charge is -2.09. The van der Waals surface area contributed by atoms with E-state index >= 15 is 0 Å². The fourth-order valence-corrected chi connectivity index (χ4v) is 1.68. The Balaban J connectivity index is 2.10. The van der Waals surface area contributed by atoms with Gasteiger partial charge in [0.25, 0.3) is 0 Å². The normalized spacial score (nSPS) is 15.8. The van der Waals surface area contributed by atoms with E-state index in [9.17, 15) is 4.79 Å². The first kappa shape index (κ1) is 10.9. The van der Waals surface area contributed by atoms with Gasteiger partial charge in [-0.3, -0.25) is 9.48 Å². The molecule has 1 aromatic heterocycles. The molecule has 2 heterocycles. The SMILES string of the molecule is CCCCN1N=C(c2cnn(C)c2)CC1=O. The molecule has 16 heavy (non-hydrogen) atoms. The number of rotatable bonds is 4.